The van der Waals surface area contributed by atoms with Crippen molar-refractivity contribution in [2.45, 2.75) is 52.9 Å². The van der Waals surface area contributed by atoms with Crippen LogP contribution in [0.1, 0.15) is 64.0 Å². The third kappa shape index (κ3) is 7.25. The minimum absolute atomic E-state index is 0.972. The first kappa shape index (κ1) is 32.1. The van der Waals surface area contributed by atoms with Gasteiger partial charge in [0.05, 0.1) is 10.8 Å². The van der Waals surface area contributed by atoms with E-state index in [1.54, 1.807) is 0 Å². The van der Waals surface area contributed by atoms with Crippen LogP contribution in [0.25, 0.3) is 11.6 Å². The van der Waals surface area contributed by atoms with E-state index in [0.717, 1.165) is 51.7 Å². The molecule has 1 aliphatic heterocycles. The van der Waals surface area contributed by atoms with Crippen LogP contribution in [0.3, 0.4) is 0 Å². The van der Waals surface area contributed by atoms with Gasteiger partial charge in [-0.1, -0.05) is 106 Å². The van der Waals surface area contributed by atoms with E-state index in [2.05, 4.69) is 175 Å². The largest absolute Gasteiger partial charge is 0.341 e. The third-order valence-corrected chi connectivity index (χ3v) is 9.06. The number of anilines is 4. The maximum Gasteiger partial charge on any atom is 0.215 e. The summed E-state index contributed by atoms with van der Waals surface area (Å²) in [6, 6.07) is 48.9. The summed E-state index contributed by atoms with van der Waals surface area (Å²) in [5.74, 6) is 0. The number of rotatable bonds is 14. The number of hydrogen-bond donors (Lipinski definition) is 0. The molecule has 0 aliphatic carbocycles. The summed E-state index contributed by atoms with van der Waals surface area (Å²) < 4.78 is 2.52. The highest BCUT2D eigenvalue weighted by Crippen LogP contribution is 2.34. The van der Waals surface area contributed by atoms with Crippen molar-refractivity contribution in [1.82, 2.24) is 4.58 Å². The molecule has 0 unspecified atom stereocenters. The molecule has 0 saturated heterocycles. The maximum absolute atomic E-state index is 2.52. The summed E-state index contributed by atoms with van der Waals surface area (Å²) in [7, 11) is 0. The number of allylic oxidation sites excluding steroid dienone is 1. The molecule has 47 heavy (non-hydrogen) atoms. The van der Waals surface area contributed by atoms with E-state index < -0.39 is 0 Å². The lowest BCUT2D eigenvalue weighted by atomic mass is 9.94. The Morgan fingerprint density at radius 1 is 0.489 bits per heavy atom. The van der Waals surface area contributed by atoms with E-state index >= 15 is 0 Å². The zero-order chi connectivity index (χ0) is 32.4. The Morgan fingerprint density at radius 2 is 0.936 bits per heavy atom. The van der Waals surface area contributed by atoms with Crippen LogP contribution in [0, 0.1) is 0 Å². The van der Waals surface area contributed by atoms with E-state index in [1.807, 2.05) is 0 Å². The summed E-state index contributed by atoms with van der Waals surface area (Å²) >= 11 is 0. The van der Waals surface area contributed by atoms with Gasteiger partial charge in [-0.15, -0.1) is 0 Å². The van der Waals surface area contributed by atoms with Crippen molar-refractivity contribution in [1.29, 1.82) is 0 Å². The van der Waals surface area contributed by atoms with Gasteiger partial charge in [0.1, 0.15) is 6.54 Å². The molecule has 1 heterocycles. The van der Waals surface area contributed by atoms with Gasteiger partial charge in [0.15, 0.2) is 0 Å². The van der Waals surface area contributed by atoms with E-state index in [1.165, 1.54) is 55.7 Å². The molecule has 0 amide bonds. The number of unbranched alkanes of at least 4 members (excludes halogenated alkanes) is 2. The zero-order valence-corrected chi connectivity index (χ0v) is 28.3. The first-order valence-electron chi connectivity index (χ1n) is 17.5. The summed E-state index contributed by atoms with van der Waals surface area (Å²) in [5, 5.41) is 2.58. The fraction of sp³-hybridized carbons (Fsp3) is 0.250. The van der Waals surface area contributed by atoms with Crippen molar-refractivity contribution in [2.24, 2.45) is 0 Å². The minimum atomic E-state index is 0.972. The van der Waals surface area contributed by atoms with Crippen molar-refractivity contribution < 1.29 is 0 Å². The van der Waals surface area contributed by atoms with Crippen LogP contribution in [0.5, 0.6) is 0 Å². The standard InChI is InChI=1S/C44H48N3/c1-4-7-32-45(38-18-11-9-12-19-38)40-27-23-35(24-28-40)44(43-34-37-17-15-16-22-42(37)47(43)31-6-3)36-25-29-41(30-26-36)46(33-8-5-2)39-20-13-10-14-21-39/h9-30,34H,4-8,31-33H2,1-3H3/q+1. The van der Waals surface area contributed by atoms with E-state index in [-0.39, 0.29) is 0 Å². The minimum Gasteiger partial charge on any atom is -0.341 e. The Balaban J connectivity index is 1.46. The summed E-state index contributed by atoms with van der Waals surface area (Å²) in [4.78, 5) is 4.90. The molecule has 0 spiro atoms. The van der Waals surface area contributed by atoms with Crippen LogP contribution >= 0.6 is 0 Å². The third-order valence-electron chi connectivity index (χ3n) is 9.06. The van der Waals surface area contributed by atoms with Crippen LogP contribution in [-0.2, 0) is 0 Å². The second-order valence-corrected chi connectivity index (χ2v) is 12.4. The Labute approximate surface area is 281 Å². The lowest BCUT2D eigenvalue weighted by molar-refractivity contribution is 0.684. The quantitative estimate of drug-likeness (QED) is 0.115. The predicted octanol–water partition coefficient (Wildman–Crippen LogP) is 9.72. The van der Waals surface area contributed by atoms with Crippen molar-refractivity contribution in [3.05, 3.63) is 161 Å². The first-order chi connectivity index (χ1) is 23.2. The first-order valence-corrected chi connectivity index (χ1v) is 17.5. The van der Waals surface area contributed by atoms with Crippen molar-refractivity contribution >= 4 is 34.4 Å². The molecular formula is C44H48N3+. The molecule has 0 radical (unpaired) electrons. The molecule has 1 aliphatic rings. The summed E-state index contributed by atoms with van der Waals surface area (Å²) in [6.45, 7) is 9.76. The number of hydrogen-bond acceptors (Lipinski definition) is 2. The molecule has 0 aromatic heterocycles. The fourth-order valence-electron chi connectivity index (χ4n) is 6.62. The predicted molar refractivity (Wildman–Crippen MR) is 202 cm³/mol. The van der Waals surface area contributed by atoms with Gasteiger partial charge in [0.2, 0.25) is 11.1 Å². The molecule has 238 valence electrons. The summed E-state index contributed by atoms with van der Waals surface area (Å²) in [5.41, 5.74) is 9.94. The van der Waals surface area contributed by atoms with Crippen molar-refractivity contribution in [2.75, 3.05) is 29.4 Å². The van der Waals surface area contributed by atoms with Gasteiger partial charge in [0, 0.05) is 54.4 Å². The number of para-hydroxylation sites is 3. The second-order valence-electron chi connectivity index (χ2n) is 12.4. The van der Waals surface area contributed by atoms with Crippen LogP contribution in [0.2, 0.25) is 0 Å². The van der Waals surface area contributed by atoms with E-state index in [9.17, 15) is 0 Å². The molecular weight excluding hydrogens is 571 g/mol. The average molecular weight is 619 g/mol. The van der Waals surface area contributed by atoms with Gasteiger partial charge in [-0.05, 0) is 78.6 Å². The van der Waals surface area contributed by atoms with Crippen molar-refractivity contribution in [3.8, 4) is 0 Å². The van der Waals surface area contributed by atoms with Gasteiger partial charge >= 0.3 is 0 Å². The normalized spacial score (nSPS) is 12.1. The molecule has 0 bridgehead atoms. The smallest absolute Gasteiger partial charge is 0.215 e. The van der Waals surface area contributed by atoms with Crippen LogP contribution in [-0.4, -0.2) is 19.6 Å². The average Bonchev–Trinajstić information content (AvgIpc) is 3.48. The molecule has 0 saturated carbocycles. The van der Waals surface area contributed by atoms with E-state index in [0.29, 0.717) is 0 Å². The fourth-order valence-corrected chi connectivity index (χ4v) is 6.62. The Morgan fingerprint density at radius 3 is 1.40 bits per heavy atom. The van der Waals surface area contributed by atoms with Gasteiger partial charge in [-0.3, -0.25) is 0 Å². The topological polar surface area (TPSA) is 9.49 Å². The highest BCUT2D eigenvalue weighted by molar-refractivity contribution is 5.88. The molecule has 3 heteroatoms. The molecule has 5 aromatic rings. The Hall–Kier alpha value is -4.89. The lowest BCUT2D eigenvalue weighted by Gasteiger charge is -2.26. The van der Waals surface area contributed by atoms with Gasteiger partial charge < -0.3 is 9.80 Å². The monoisotopic (exact) mass is 618 g/mol. The molecule has 0 N–H and O–H groups in total. The Bertz CT molecular complexity index is 1790. The number of nitrogens with zero attached hydrogens (tertiary/aromatic N) is 3. The molecule has 6 rings (SSSR count). The zero-order valence-electron chi connectivity index (χ0n) is 28.3. The lowest BCUT2D eigenvalue weighted by Crippen LogP contribution is -2.33. The summed E-state index contributed by atoms with van der Waals surface area (Å²) in [6.07, 6.45) is 8.08. The van der Waals surface area contributed by atoms with Crippen LogP contribution in [0.15, 0.2) is 139 Å². The highest BCUT2D eigenvalue weighted by atomic mass is 15.1. The van der Waals surface area contributed by atoms with Gasteiger partial charge in [-0.2, -0.15) is 4.58 Å². The van der Waals surface area contributed by atoms with E-state index in [4.69, 9.17) is 0 Å². The Kier molecular flexibility index (Phi) is 10.6. The SMILES string of the molecule is CCCCN(c1ccccc1)c1ccc(C(=C2C=c3ccccc3=[N+]2CCC)c2ccc(N(CCCC)c3ccccc3)cc2)cc1. The molecule has 0 atom stereocenters. The van der Waals surface area contributed by atoms with Gasteiger partial charge in [-0.25, -0.2) is 0 Å². The second kappa shape index (κ2) is 15.6. The van der Waals surface area contributed by atoms with Gasteiger partial charge in [0.25, 0.3) is 0 Å². The van der Waals surface area contributed by atoms with Crippen LogP contribution in [0.4, 0.5) is 22.7 Å². The molecule has 5 aromatic carbocycles. The van der Waals surface area contributed by atoms with Crippen molar-refractivity contribution in [3.63, 3.8) is 0 Å². The molecule has 3 nitrogen and oxygen atoms in total. The number of benzene rings is 5. The highest BCUT2D eigenvalue weighted by Gasteiger charge is 2.25. The molecule has 0 fully saturated rings. The van der Waals surface area contributed by atoms with Crippen LogP contribution < -0.4 is 25.0 Å². The number of fused-ring (bicyclic) bond motifs is 1. The maximum atomic E-state index is 2.52.